The normalized spacial score (nSPS) is 20.9. The lowest BCUT2D eigenvalue weighted by atomic mass is 9.98. The van der Waals surface area contributed by atoms with Crippen LogP contribution in [0.5, 0.6) is 0 Å². The van der Waals surface area contributed by atoms with Crippen LogP contribution >= 0.6 is 0 Å². The lowest BCUT2D eigenvalue weighted by Gasteiger charge is -2.40. The summed E-state index contributed by atoms with van der Waals surface area (Å²) in [6.45, 7) is 7.01. The molecule has 1 aliphatic rings. The van der Waals surface area contributed by atoms with Gasteiger partial charge >= 0.3 is 12.0 Å². The van der Waals surface area contributed by atoms with E-state index in [1.54, 1.807) is 4.90 Å². The van der Waals surface area contributed by atoms with Crippen LogP contribution in [0.2, 0.25) is 0 Å². The molecule has 1 rings (SSSR count). The minimum Gasteiger partial charge on any atom is -0.481 e. The van der Waals surface area contributed by atoms with E-state index < -0.39 is 5.97 Å². The van der Waals surface area contributed by atoms with Gasteiger partial charge in [0.1, 0.15) is 0 Å². The zero-order chi connectivity index (χ0) is 15.3. The molecule has 1 aliphatic heterocycles. The van der Waals surface area contributed by atoms with E-state index in [1.807, 2.05) is 11.9 Å². The summed E-state index contributed by atoms with van der Waals surface area (Å²) in [5.41, 5.74) is 0. The zero-order valence-electron chi connectivity index (χ0n) is 13.1. The van der Waals surface area contributed by atoms with Crippen molar-refractivity contribution in [3.05, 3.63) is 0 Å². The first-order valence-corrected chi connectivity index (χ1v) is 7.59. The summed E-state index contributed by atoms with van der Waals surface area (Å²) < 4.78 is 0. The van der Waals surface area contributed by atoms with Crippen LogP contribution in [0, 0.1) is 5.92 Å². The molecular weight excluding hydrogens is 256 g/mol. The predicted molar refractivity (Wildman–Crippen MR) is 78.7 cm³/mol. The maximum absolute atomic E-state index is 12.6. The van der Waals surface area contributed by atoms with Crippen molar-refractivity contribution in [3.8, 4) is 0 Å². The summed E-state index contributed by atoms with van der Waals surface area (Å²) in [7, 11) is 1.84. The van der Waals surface area contributed by atoms with Crippen LogP contribution in [0.3, 0.4) is 0 Å². The highest BCUT2D eigenvalue weighted by Crippen LogP contribution is 2.23. The fourth-order valence-electron chi connectivity index (χ4n) is 2.67. The first-order valence-electron chi connectivity index (χ1n) is 7.59. The number of amides is 2. The van der Waals surface area contributed by atoms with Gasteiger partial charge in [0.25, 0.3) is 0 Å². The minimum atomic E-state index is -0.785. The van der Waals surface area contributed by atoms with Gasteiger partial charge in [-0.05, 0) is 38.5 Å². The lowest BCUT2D eigenvalue weighted by molar-refractivity contribution is -0.137. The summed E-state index contributed by atoms with van der Waals surface area (Å²) in [6.07, 6.45) is 3.71. The van der Waals surface area contributed by atoms with E-state index in [0.717, 1.165) is 25.8 Å². The van der Waals surface area contributed by atoms with Crippen molar-refractivity contribution in [2.75, 3.05) is 13.6 Å². The Morgan fingerprint density at radius 3 is 2.50 bits per heavy atom. The first-order chi connectivity index (χ1) is 9.34. The van der Waals surface area contributed by atoms with E-state index in [9.17, 15) is 9.59 Å². The van der Waals surface area contributed by atoms with Crippen molar-refractivity contribution in [2.24, 2.45) is 5.92 Å². The highest BCUT2D eigenvalue weighted by molar-refractivity contribution is 5.75. The molecule has 0 aromatic heterocycles. The molecule has 20 heavy (non-hydrogen) atoms. The summed E-state index contributed by atoms with van der Waals surface area (Å²) in [5, 5.41) is 8.83. The van der Waals surface area contributed by atoms with E-state index >= 15 is 0 Å². The molecule has 0 aromatic carbocycles. The van der Waals surface area contributed by atoms with Crippen LogP contribution in [-0.2, 0) is 4.79 Å². The van der Waals surface area contributed by atoms with Crippen LogP contribution in [0.4, 0.5) is 4.79 Å². The number of piperidine rings is 1. The maximum atomic E-state index is 12.6. The van der Waals surface area contributed by atoms with Gasteiger partial charge in [0, 0.05) is 32.1 Å². The molecule has 2 amide bonds. The predicted octanol–water partition coefficient (Wildman–Crippen LogP) is 2.80. The summed E-state index contributed by atoms with van der Waals surface area (Å²) in [4.78, 5) is 27.0. The van der Waals surface area contributed by atoms with Crippen LogP contribution < -0.4 is 0 Å². The monoisotopic (exact) mass is 284 g/mol. The number of hydrogen-bond donors (Lipinski definition) is 1. The topological polar surface area (TPSA) is 60.9 Å². The third-order valence-corrected chi connectivity index (χ3v) is 4.44. The number of likely N-dealkylation sites (tertiary alicyclic amines) is 1. The average Bonchev–Trinajstić information content (AvgIpc) is 2.42. The minimum absolute atomic E-state index is 0.0429. The molecule has 2 atom stereocenters. The number of carboxylic acids is 1. The lowest BCUT2D eigenvalue weighted by Crippen LogP contribution is -2.52. The third kappa shape index (κ3) is 4.39. The van der Waals surface area contributed by atoms with Crippen LogP contribution in [-0.4, -0.2) is 52.6 Å². The number of aliphatic carboxylic acids is 1. The Bertz CT molecular complexity index is 344. The second-order valence-electron chi connectivity index (χ2n) is 6.15. The standard InChI is InChI=1S/C15H28N2O3/c1-11(2)12(3)16(4)15(20)17-10-6-5-7-13(17)8-9-14(18)19/h11-13H,5-10H2,1-4H3,(H,18,19). The molecule has 1 fully saturated rings. The molecule has 1 saturated heterocycles. The number of carbonyl (C=O) groups excluding carboxylic acids is 1. The molecule has 5 heteroatoms. The van der Waals surface area contributed by atoms with Crippen molar-refractivity contribution in [3.63, 3.8) is 0 Å². The van der Waals surface area contributed by atoms with Gasteiger partial charge < -0.3 is 14.9 Å². The van der Waals surface area contributed by atoms with Crippen molar-refractivity contribution in [1.29, 1.82) is 0 Å². The Morgan fingerprint density at radius 2 is 1.95 bits per heavy atom. The molecular formula is C15H28N2O3. The van der Waals surface area contributed by atoms with E-state index in [1.165, 1.54) is 0 Å². The first kappa shape index (κ1) is 16.8. The van der Waals surface area contributed by atoms with Crippen molar-refractivity contribution in [1.82, 2.24) is 9.80 Å². The Hall–Kier alpha value is -1.26. The molecule has 2 unspecified atom stereocenters. The van der Waals surface area contributed by atoms with Crippen molar-refractivity contribution in [2.45, 2.75) is 65.0 Å². The second-order valence-corrected chi connectivity index (χ2v) is 6.15. The molecule has 0 aliphatic carbocycles. The Kier molecular flexibility index (Phi) is 6.30. The number of urea groups is 1. The molecule has 116 valence electrons. The van der Waals surface area contributed by atoms with Crippen LogP contribution in [0.15, 0.2) is 0 Å². The Morgan fingerprint density at radius 1 is 1.30 bits per heavy atom. The van der Waals surface area contributed by atoms with Gasteiger partial charge in [0.15, 0.2) is 0 Å². The van der Waals surface area contributed by atoms with E-state index in [4.69, 9.17) is 5.11 Å². The molecule has 0 radical (unpaired) electrons. The summed E-state index contributed by atoms with van der Waals surface area (Å²) >= 11 is 0. The molecule has 0 aromatic rings. The molecule has 5 nitrogen and oxygen atoms in total. The SMILES string of the molecule is CC(C)C(C)N(C)C(=O)N1CCCCC1CCC(=O)O. The molecule has 1 heterocycles. The second kappa shape index (κ2) is 7.50. The third-order valence-electron chi connectivity index (χ3n) is 4.44. The molecule has 0 saturated carbocycles. The number of nitrogens with zero attached hydrogens (tertiary/aromatic N) is 2. The number of hydrogen-bond acceptors (Lipinski definition) is 2. The zero-order valence-corrected chi connectivity index (χ0v) is 13.1. The van der Waals surface area contributed by atoms with E-state index in [-0.39, 0.29) is 24.5 Å². The number of rotatable bonds is 5. The van der Waals surface area contributed by atoms with Crippen molar-refractivity contribution >= 4 is 12.0 Å². The van der Waals surface area contributed by atoms with E-state index in [2.05, 4.69) is 20.8 Å². The van der Waals surface area contributed by atoms with Gasteiger partial charge in [-0.2, -0.15) is 0 Å². The van der Waals surface area contributed by atoms with E-state index in [0.29, 0.717) is 12.3 Å². The van der Waals surface area contributed by atoms with Crippen molar-refractivity contribution < 1.29 is 14.7 Å². The van der Waals surface area contributed by atoms with Gasteiger partial charge in [-0.3, -0.25) is 4.79 Å². The van der Waals surface area contributed by atoms with Gasteiger partial charge in [-0.1, -0.05) is 13.8 Å². The smallest absolute Gasteiger partial charge is 0.320 e. The Balaban J connectivity index is 2.68. The van der Waals surface area contributed by atoms with Gasteiger partial charge in [0.05, 0.1) is 0 Å². The summed E-state index contributed by atoms with van der Waals surface area (Å²) in [5.74, 6) is -0.377. The molecule has 0 spiro atoms. The van der Waals surface area contributed by atoms with Gasteiger partial charge in [0.2, 0.25) is 0 Å². The maximum Gasteiger partial charge on any atom is 0.320 e. The molecule has 1 N–H and O–H groups in total. The van der Waals surface area contributed by atoms with Gasteiger partial charge in [-0.25, -0.2) is 4.79 Å². The number of carboxylic acid groups (broad SMARTS) is 1. The fourth-order valence-corrected chi connectivity index (χ4v) is 2.67. The quantitative estimate of drug-likeness (QED) is 0.844. The van der Waals surface area contributed by atoms with Crippen LogP contribution in [0.1, 0.15) is 52.9 Å². The average molecular weight is 284 g/mol. The largest absolute Gasteiger partial charge is 0.481 e. The fraction of sp³-hybridized carbons (Fsp3) is 0.867. The number of carbonyl (C=O) groups is 2. The van der Waals surface area contributed by atoms with Gasteiger partial charge in [-0.15, -0.1) is 0 Å². The summed E-state index contributed by atoms with van der Waals surface area (Å²) in [6, 6.07) is 0.306. The molecule has 0 bridgehead atoms. The Labute approximate surface area is 121 Å². The van der Waals surface area contributed by atoms with Crippen LogP contribution in [0.25, 0.3) is 0 Å². The highest BCUT2D eigenvalue weighted by Gasteiger charge is 2.31. The highest BCUT2D eigenvalue weighted by atomic mass is 16.4.